The maximum absolute atomic E-state index is 13.6. The van der Waals surface area contributed by atoms with Gasteiger partial charge in [-0.1, -0.05) is 12.2 Å². The summed E-state index contributed by atoms with van der Waals surface area (Å²) in [5, 5.41) is 0. The predicted octanol–water partition coefficient (Wildman–Crippen LogP) is 6.31. The lowest BCUT2D eigenvalue weighted by Gasteiger charge is -2.43. The van der Waals surface area contributed by atoms with E-state index in [-0.39, 0.29) is 18.6 Å². The molecule has 1 aromatic rings. The number of carbonyl (C=O) groups excluding carboxylic acids is 1. The lowest BCUT2D eigenvalue weighted by atomic mass is 9.84. The Balaban J connectivity index is 1.70. The standard InChI is InChI=1S/C23H30Cl2F3N3O2/c1-21(2,3)33-20(32)30-11-8-15(9-12-30)17-6-5-16(13-29-17)31-14-22(4,23(26,27)28)10-7-18(31)19(24)25/h5-7,10,13,15,18-19H,8-9,11-12,14H2,1-4H3. The van der Waals surface area contributed by atoms with E-state index in [1.54, 1.807) is 22.1 Å². The average molecular weight is 508 g/mol. The number of nitrogens with zero attached hydrogens (tertiary/aromatic N) is 3. The minimum Gasteiger partial charge on any atom is -0.444 e. The van der Waals surface area contributed by atoms with E-state index < -0.39 is 28.1 Å². The van der Waals surface area contributed by atoms with Crippen molar-refractivity contribution in [1.29, 1.82) is 0 Å². The van der Waals surface area contributed by atoms with E-state index in [0.717, 1.165) is 31.5 Å². The first kappa shape index (κ1) is 25.9. The van der Waals surface area contributed by atoms with Crippen LogP contribution in [0.3, 0.4) is 0 Å². The third kappa shape index (κ3) is 6.07. The number of hydrogen-bond acceptors (Lipinski definition) is 4. The normalized spacial score (nSPS) is 25.0. The minimum absolute atomic E-state index is 0.157. The van der Waals surface area contributed by atoms with E-state index >= 15 is 0 Å². The average Bonchev–Trinajstić information content (AvgIpc) is 2.72. The van der Waals surface area contributed by atoms with Crippen molar-refractivity contribution in [1.82, 2.24) is 9.88 Å². The van der Waals surface area contributed by atoms with Crippen molar-refractivity contribution in [2.24, 2.45) is 5.41 Å². The number of halogens is 5. The molecule has 0 bridgehead atoms. The Kier molecular flexibility index (Phi) is 7.49. The monoisotopic (exact) mass is 507 g/mol. The summed E-state index contributed by atoms with van der Waals surface area (Å²) >= 11 is 12.1. The molecule has 0 aromatic carbocycles. The zero-order valence-corrected chi connectivity index (χ0v) is 20.7. The van der Waals surface area contributed by atoms with Gasteiger partial charge >= 0.3 is 12.3 Å². The molecular formula is C23H30Cl2F3N3O2. The van der Waals surface area contributed by atoms with Crippen molar-refractivity contribution < 1.29 is 22.7 Å². The Bertz CT molecular complexity index is 863. The van der Waals surface area contributed by atoms with E-state index in [4.69, 9.17) is 27.9 Å². The van der Waals surface area contributed by atoms with Crippen LogP contribution in [0.15, 0.2) is 30.5 Å². The first-order valence-electron chi connectivity index (χ1n) is 10.9. The van der Waals surface area contributed by atoms with E-state index in [1.807, 2.05) is 26.8 Å². The molecule has 0 saturated carbocycles. The molecule has 1 amide bonds. The number of anilines is 1. The largest absolute Gasteiger partial charge is 0.444 e. The highest BCUT2D eigenvalue weighted by molar-refractivity contribution is 6.45. The highest BCUT2D eigenvalue weighted by atomic mass is 35.5. The van der Waals surface area contributed by atoms with Gasteiger partial charge in [0.15, 0.2) is 0 Å². The first-order valence-corrected chi connectivity index (χ1v) is 11.8. The molecule has 3 heterocycles. The van der Waals surface area contributed by atoms with Crippen molar-refractivity contribution >= 4 is 35.0 Å². The predicted molar refractivity (Wildman–Crippen MR) is 124 cm³/mol. The smallest absolute Gasteiger partial charge is 0.410 e. The van der Waals surface area contributed by atoms with Crippen molar-refractivity contribution in [3.05, 3.63) is 36.2 Å². The summed E-state index contributed by atoms with van der Waals surface area (Å²) in [6.07, 6.45) is 0.883. The number of ether oxygens (including phenoxy) is 1. The SMILES string of the molecule is CC(C)(C)OC(=O)N1CCC(c2ccc(N3CC(C)(C(F)(F)F)C=CC3C(Cl)Cl)cn2)CC1. The van der Waals surface area contributed by atoms with E-state index in [2.05, 4.69) is 4.98 Å². The molecule has 5 nitrogen and oxygen atoms in total. The summed E-state index contributed by atoms with van der Waals surface area (Å²) in [5.41, 5.74) is -1.18. The zero-order valence-electron chi connectivity index (χ0n) is 19.2. The summed E-state index contributed by atoms with van der Waals surface area (Å²) in [4.78, 5) is 19.2. The summed E-state index contributed by atoms with van der Waals surface area (Å²) in [6.45, 7) is 7.48. The maximum Gasteiger partial charge on any atom is 0.410 e. The van der Waals surface area contributed by atoms with Gasteiger partial charge in [-0.05, 0) is 52.7 Å². The van der Waals surface area contributed by atoms with Crippen LogP contribution in [0.2, 0.25) is 0 Å². The van der Waals surface area contributed by atoms with Gasteiger partial charge in [0.1, 0.15) is 10.4 Å². The van der Waals surface area contributed by atoms with Gasteiger partial charge in [-0.2, -0.15) is 13.2 Å². The van der Waals surface area contributed by atoms with Gasteiger partial charge in [0.05, 0.1) is 23.3 Å². The molecule has 3 rings (SSSR count). The maximum atomic E-state index is 13.6. The second kappa shape index (κ2) is 9.53. The van der Waals surface area contributed by atoms with Gasteiger partial charge < -0.3 is 14.5 Å². The van der Waals surface area contributed by atoms with Crippen molar-refractivity contribution in [2.45, 2.75) is 69.1 Å². The molecule has 2 aliphatic rings. The molecule has 184 valence electrons. The fraction of sp³-hybridized carbons (Fsp3) is 0.652. The minimum atomic E-state index is -4.41. The lowest BCUT2D eigenvalue weighted by Crippen LogP contribution is -2.52. The molecule has 0 aliphatic carbocycles. The van der Waals surface area contributed by atoms with E-state index in [0.29, 0.717) is 18.8 Å². The van der Waals surface area contributed by atoms with Crippen LogP contribution in [0.1, 0.15) is 52.1 Å². The number of pyridine rings is 1. The van der Waals surface area contributed by atoms with E-state index in [9.17, 15) is 18.0 Å². The van der Waals surface area contributed by atoms with Crippen LogP contribution >= 0.6 is 23.2 Å². The summed E-state index contributed by atoms with van der Waals surface area (Å²) < 4.78 is 46.3. The van der Waals surface area contributed by atoms with Gasteiger partial charge in [0.25, 0.3) is 0 Å². The highest BCUT2D eigenvalue weighted by Crippen LogP contribution is 2.44. The van der Waals surface area contributed by atoms with Crippen LogP contribution in [-0.2, 0) is 4.74 Å². The molecule has 1 fully saturated rings. The van der Waals surface area contributed by atoms with Gasteiger partial charge in [0, 0.05) is 31.2 Å². The Morgan fingerprint density at radius 1 is 1.21 bits per heavy atom. The molecule has 2 atom stereocenters. The van der Waals surface area contributed by atoms with Crippen LogP contribution < -0.4 is 4.90 Å². The fourth-order valence-electron chi connectivity index (χ4n) is 4.09. The van der Waals surface area contributed by atoms with E-state index in [1.165, 1.54) is 6.08 Å². The third-order valence-electron chi connectivity index (χ3n) is 6.09. The molecule has 0 N–H and O–H groups in total. The van der Waals surface area contributed by atoms with Crippen molar-refractivity contribution in [2.75, 3.05) is 24.5 Å². The molecule has 0 radical (unpaired) electrons. The topological polar surface area (TPSA) is 45.7 Å². The number of carbonyl (C=O) groups is 1. The van der Waals surface area contributed by atoms with Crippen molar-refractivity contribution in [3.63, 3.8) is 0 Å². The number of rotatable bonds is 3. The quantitative estimate of drug-likeness (QED) is 0.355. The number of aromatic nitrogens is 1. The van der Waals surface area contributed by atoms with Crippen LogP contribution in [0.25, 0.3) is 0 Å². The molecule has 33 heavy (non-hydrogen) atoms. The molecular weight excluding hydrogens is 478 g/mol. The lowest BCUT2D eigenvalue weighted by molar-refractivity contribution is -0.197. The fourth-order valence-corrected chi connectivity index (χ4v) is 4.53. The Labute approximate surface area is 202 Å². The molecule has 10 heteroatoms. The summed E-state index contributed by atoms with van der Waals surface area (Å²) in [6, 6.07) is 3.01. The molecule has 1 aromatic heterocycles. The highest BCUT2D eigenvalue weighted by Gasteiger charge is 2.52. The number of hydrogen-bond donors (Lipinski definition) is 0. The van der Waals surface area contributed by atoms with Gasteiger partial charge in [-0.25, -0.2) is 4.79 Å². The summed E-state index contributed by atoms with van der Waals surface area (Å²) in [7, 11) is 0. The number of piperidine rings is 1. The Morgan fingerprint density at radius 2 is 1.85 bits per heavy atom. The zero-order chi connectivity index (χ0) is 24.6. The van der Waals surface area contributed by atoms with Crippen molar-refractivity contribution in [3.8, 4) is 0 Å². The van der Waals surface area contributed by atoms with Gasteiger partial charge in [0.2, 0.25) is 0 Å². The second-order valence-corrected chi connectivity index (χ2v) is 11.1. The molecule has 1 saturated heterocycles. The molecule has 2 aliphatic heterocycles. The third-order valence-corrected chi connectivity index (χ3v) is 6.61. The Morgan fingerprint density at radius 3 is 2.33 bits per heavy atom. The molecule has 2 unspecified atom stereocenters. The van der Waals surface area contributed by atoms with Gasteiger partial charge in [-0.3, -0.25) is 4.98 Å². The molecule has 0 spiro atoms. The van der Waals surface area contributed by atoms with Crippen LogP contribution in [0, 0.1) is 5.41 Å². The van der Waals surface area contributed by atoms with Crippen LogP contribution in [0.5, 0.6) is 0 Å². The number of likely N-dealkylation sites (tertiary alicyclic amines) is 1. The summed E-state index contributed by atoms with van der Waals surface area (Å²) in [5.74, 6) is 0.157. The second-order valence-electron chi connectivity index (χ2n) is 9.91. The van der Waals surface area contributed by atoms with Crippen LogP contribution in [0.4, 0.5) is 23.7 Å². The van der Waals surface area contributed by atoms with Gasteiger partial charge in [-0.15, -0.1) is 23.2 Å². The van der Waals surface area contributed by atoms with Crippen LogP contribution in [-0.4, -0.2) is 58.3 Å². The number of alkyl halides is 5. The Hall–Kier alpha value is -1.67. The number of amides is 1. The first-order chi connectivity index (χ1) is 15.2.